The summed E-state index contributed by atoms with van der Waals surface area (Å²) in [5, 5.41) is 2.93. The van der Waals surface area contributed by atoms with Crippen molar-refractivity contribution in [3.05, 3.63) is 72.6 Å². The normalized spacial score (nSPS) is 16.5. The van der Waals surface area contributed by atoms with E-state index in [0.29, 0.717) is 18.8 Å². The molecule has 1 fully saturated rings. The molecular weight excluding hydrogens is 342 g/mol. The lowest BCUT2D eigenvalue weighted by atomic mass is 10.1. The summed E-state index contributed by atoms with van der Waals surface area (Å²) in [6.45, 7) is 0.785. The minimum atomic E-state index is -0.343. The van der Waals surface area contributed by atoms with Crippen molar-refractivity contribution in [1.29, 1.82) is 0 Å². The highest BCUT2D eigenvalue weighted by atomic mass is 16.3. The Labute approximate surface area is 156 Å². The number of aromatic nitrogens is 1. The number of benzene rings is 1. The first-order chi connectivity index (χ1) is 13.2. The van der Waals surface area contributed by atoms with Gasteiger partial charge in [0.2, 0.25) is 11.8 Å². The summed E-state index contributed by atoms with van der Waals surface area (Å²) < 4.78 is 5.35. The first-order valence-electron chi connectivity index (χ1n) is 8.82. The second-order valence-electron chi connectivity index (χ2n) is 6.49. The molecule has 2 aromatic heterocycles. The van der Waals surface area contributed by atoms with Gasteiger partial charge in [-0.3, -0.25) is 14.6 Å². The number of rotatable bonds is 5. The molecule has 1 N–H and O–H groups in total. The number of hydrogen-bond donors (Lipinski definition) is 1. The van der Waals surface area contributed by atoms with E-state index in [4.69, 9.17) is 4.42 Å². The fourth-order valence-corrected chi connectivity index (χ4v) is 3.22. The summed E-state index contributed by atoms with van der Waals surface area (Å²) in [6, 6.07) is 16.8. The number of anilines is 1. The number of carbonyl (C=O) groups excluding carboxylic acids is 2. The smallest absolute Gasteiger partial charge is 0.227 e. The quantitative estimate of drug-likeness (QED) is 0.758. The molecule has 27 heavy (non-hydrogen) atoms. The van der Waals surface area contributed by atoms with E-state index in [9.17, 15) is 9.59 Å². The van der Waals surface area contributed by atoms with E-state index in [1.807, 2.05) is 48.5 Å². The third-order valence-corrected chi connectivity index (χ3v) is 4.63. The Kier molecular flexibility index (Phi) is 4.70. The number of hydrogen-bond acceptors (Lipinski definition) is 4. The molecule has 1 atom stereocenters. The minimum absolute atomic E-state index is 0.0228. The van der Waals surface area contributed by atoms with Gasteiger partial charge < -0.3 is 14.6 Å². The predicted molar refractivity (Wildman–Crippen MR) is 101 cm³/mol. The lowest BCUT2D eigenvalue weighted by Gasteiger charge is -2.16. The number of nitrogens with zero attached hydrogens (tertiary/aromatic N) is 2. The molecule has 0 bridgehead atoms. The summed E-state index contributed by atoms with van der Waals surface area (Å²) in [6.07, 6.45) is 3.52. The summed E-state index contributed by atoms with van der Waals surface area (Å²) in [5.41, 5.74) is 2.47. The van der Waals surface area contributed by atoms with Crippen LogP contribution >= 0.6 is 0 Å². The van der Waals surface area contributed by atoms with Crippen molar-refractivity contribution < 1.29 is 14.0 Å². The van der Waals surface area contributed by atoms with Gasteiger partial charge in [0.25, 0.3) is 0 Å². The van der Waals surface area contributed by atoms with Gasteiger partial charge in [-0.15, -0.1) is 0 Å². The molecule has 0 aliphatic carbocycles. The van der Waals surface area contributed by atoms with Gasteiger partial charge in [-0.2, -0.15) is 0 Å². The fourth-order valence-electron chi connectivity index (χ4n) is 3.22. The standard InChI is InChI=1S/C21H19N3O3/c25-20-12-16(14-24(20)17-5-2-1-3-6-17)21(26)23-13-15-8-9-22-18(11-15)19-7-4-10-27-19/h1-11,16H,12-14H2,(H,23,26). The van der Waals surface area contributed by atoms with E-state index >= 15 is 0 Å². The van der Waals surface area contributed by atoms with Crippen molar-refractivity contribution >= 4 is 17.5 Å². The molecule has 4 rings (SSSR count). The average Bonchev–Trinajstić information content (AvgIpc) is 3.37. The molecule has 3 aromatic rings. The molecule has 0 saturated carbocycles. The monoisotopic (exact) mass is 361 g/mol. The Balaban J connectivity index is 1.38. The first kappa shape index (κ1) is 17.0. The van der Waals surface area contributed by atoms with Gasteiger partial charge >= 0.3 is 0 Å². The Bertz CT molecular complexity index is 938. The molecule has 1 aromatic carbocycles. The van der Waals surface area contributed by atoms with Gasteiger partial charge in [0.1, 0.15) is 5.69 Å². The topological polar surface area (TPSA) is 75.4 Å². The van der Waals surface area contributed by atoms with E-state index in [2.05, 4.69) is 10.3 Å². The van der Waals surface area contributed by atoms with Crippen LogP contribution in [0.25, 0.3) is 11.5 Å². The van der Waals surface area contributed by atoms with Crippen LogP contribution in [0.2, 0.25) is 0 Å². The van der Waals surface area contributed by atoms with E-state index in [-0.39, 0.29) is 24.2 Å². The summed E-state index contributed by atoms with van der Waals surface area (Å²) in [7, 11) is 0. The zero-order valence-electron chi connectivity index (χ0n) is 14.7. The van der Waals surface area contributed by atoms with Gasteiger partial charge in [0.15, 0.2) is 5.76 Å². The van der Waals surface area contributed by atoms with E-state index in [0.717, 1.165) is 16.9 Å². The maximum absolute atomic E-state index is 12.5. The average molecular weight is 361 g/mol. The van der Waals surface area contributed by atoms with Gasteiger partial charge in [-0.25, -0.2) is 0 Å². The molecule has 1 aliphatic heterocycles. The molecule has 6 heteroatoms. The summed E-state index contributed by atoms with van der Waals surface area (Å²) >= 11 is 0. The molecule has 1 saturated heterocycles. The summed E-state index contributed by atoms with van der Waals surface area (Å²) in [4.78, 5) is 30.8. The van der Waals surface area contributed by atoms with Crippen molar-refractivity contribution in [2.45, 2.75) is 13.0 Å². The van der Waals surface area contributed by atoms with Crippen LogP contribution in [0.3, 0.4) is 0 Å². The largest absolute Gasteiger partial charge is 0.463 e. The second-order valence-corrected chi connectivity index (χ2v) is 6.49. The van der Waals surface area contributed by atoms with Crippen LogP contribution in [0.1, 0.15) is 12.0 Å². The van der Waals surface area contributed by atoms with Crippen molar-refractivity contribution in [3.8, 4) is 11.5 Å². The van der Waals surface area contributed by atoms with Crippen LogP contribution in [0.4, 0.5) is 5.69 Å². The zero-order valence-corrected chi connectivity index (χ0v) is 14.7. The van der Waals surface area contributed by atoms with E-state index in [1.165, 1.54) is 0 Å². The Morgan fingerprint density at radius 3 is 2.81 bits per heavy atom. The summed E-state index contributed by atoms with van der Waals surface area (Å²) in [5.74, 6) is 0.204. The Morgan fingerprint density at radius 2 is 2.04 bits per heavy atom. The molecule has 136 valence electrons. The first-order valence-corrected chi connectivity index (χ1v) is 8.82. The molecule has 1 unspecified atom stereocenters. The number of furan rings is 1. The lowest BCUT2D eigenvalue weighted by molar-refractivity contribution is -0.126. The fraction of sp³-hybridized carbons (Fsp3) is 0.190. The van der Waals surface area contributed by atoms with Gasteiger partial charge in [0, 0.05) is 31.4 Å². The van der Waals surface area contributed by atoms with E-state index < -0.39 is 0 Å². The maximum atomic E-state index is 12.5. The van der Waals surface area contributed by atoms with Crippen LogP contribution in [0, 0.1) is 5.92 Å². The third-order valence-electron chi connectivity index (χ3n) is 4.63. The molecule has 0 radical (unpaired) electrons. The number of pyridine rings is 1. The van der Waals surface area contributed by atoms with Crippen LogP contribution < -0.4 is 10.2 Å². The number of nitrogens with one attached hydrogen (secondary N) is 1. The minimum Gasteiger partial charge on any atom is -0.463 e. The highest BCUT2D eigenvalue weighted by Gasteiger charge is 2.34. The van der Waals surface area contributed by atoms with Gasteiger partial charge in [-0.1, -0.05) is 18.2 Å². The van der Waals surface area contributed by atoms with Gasteiger partial charge in [-0.05, 0) is 42.0 Å². The van der Waals surface area contributed by atoms with Crippen molar-refractivity contribution in [1.82, 2.24) is 10.3 Å². The Morgan fingerprint density at radius 1 is 1.19 bits per heavy atom. The molecule has 6 nitrogen and oxygen atoms in total. The molecule has 0 spiro atoms. The molecule has 2 amide bonds. The van der Waals surface area contributed by atoms with Crippen LogP contribution in [0.15, 0.2) is 71.5 Å². The maximum Gasteiger partial charge on any atom is 0.227 e. The molecule has 3 heterocycles. The van der Waals surface area contributed by atoms with Crippen molar-refractivity contribution in [2.75, 3.05) is 11.4 Å². The van der Waals surface area contributed by atoms with Crippen molar-refractivity contribution in [2.24, 2.45) is 5.92 Å². The van der Waals surface area contributed by atoms with Gasteiger partial charge in [0.05, 0.1) is 12.2 Å². The number of para-hydroxylation sites is 1. The highest BCUT2D eigenvalue weighted by molar-refractivity contribution is 6.00. The number of carbonyl (C=O) groups is 2. The van der Waals surface area contributed by atoms with Crippen LogP contribution in [-0.4, -0.2) is 23.3 Å². The SMILES string of the molecule is O=C(NCc1ccnc(-c2ccco2)c1)C1CC(=O)N(c2ccccc2)C1. The zero-order chi connectivity index (χ0) is 18.6. The lowest BCUT2D eigenvalue weighted by Crippen LogP contribution is -2.32. The van der Waals surface area contributed by atoms with E-state index in [1.54, 1.807) is 23.4 Å². The third kappa shape index (κ3) is 3.74. The number of amides is 2. The van der Waals surface area contributed by atoms with Crippen LogP contribution in [0.5, 0.6) is 0 Å². The molecular formula is C21H19N3O3. The highest BCUT2D eigenvalue weighted by Crippen LogP contribution is 2.25. The second kappa shape index (κ2) is 7.45. The predicted octanol–water partition coefficient (Wildman–Crippen LogP) is 3.01. The molecule has 1 aliphatic rings. The van der Waals surface area contributed by atoms with Crippen molar-refractivity contribution in [3.63, 3.8) is 0 Å². The van der Waals surface area contributed by atoms with Crippen LogP contribution in [-0.2, 0) is 16.1 Å². The Hall–Kier alpha value is -3.41.